The van der Waals surface area contributed by atoms with E-state index in [2.05, 4.69) is 45.5 Å². The fourth-order valence-electron chi connectivity index (χ4n) is 3.40. The van der Waals surface area contributed by atoms with E-state index in [1.807, 2.05) is 18.5 Å². The highest BCUT2D eigenvalue weighted by atomic mass is 16.3. The molecule has 1 aliphatic heterocycles. The fraction of sp³-hybridized carbons (Fsp3) is 0.316. The van der Waals surface area contributed by atoms with Crippen LogP contribution >= 0.6 is 0 Å². The zero-order valence-corrected chi connectivity index (χ0v) is 13.1. The standard InChI is InChI=1S/C19H21N3O/c1-3-18(23-12-1)19(22-10-2-7-20-9-11-22)16-4-5-17-14-21-8-6-15(17)13-16/h1,3-6,8,12-14,19-20H,2,7,9-11H2. The van der Waals surface area contributed by atoms with E-state index in [1.54, 1.807) is 6.26 Å². The second-order valence-corrected chi connectivity index (χ2v) is 6.04. The molecule has 1 saturated heterocycles. The Balaban J connectivity index is 1.76. The molecule has 1 atom stereocenters. The molecule has 3 heterocycles. The maximum absolute atomic E-state index is 5.78. The quantitative estimate of drug-likeness (QED) is 0.807. The average molecular weight is 307 g/mol. The number of pyridine rings is 1. The molecule has 0 saturated carbocycles. The first-order valence-corrected chi connectivity index (χ1v) is 8.24. The van der Waals surface area contributed by atoms with Crippen LogP contribution in [0.5, 0.6) is 0 Å². The number of benzene rings is 1. The highest BCUT2D eigenvalue weighted by molar-refractivity contribution is 5.82. The molecule has 23 heavy (non-hydrogen) atoms. The van der Waals surface area contributed by atoms with Gasteiger partial charge in [-0.05, 0) is 48.2 Å². The van der Waals surface area contributed by atoms with Gasteiger partial charge in [-0.15, -0.1) is 0 Å². The number of fused-ring (bicyclic) bond motifs is 1. The third-order valence-electron chi connectivity index (χ3n) is 4.53. The topological polar surface area (TPSA) is 41.3 Å². The van der Waals surface area contributed by atoms with Crippen LogP contribution in [0.25, 0.3) is 10.8 Å². The Labute approximate surface area is 136 Å². The first-order chi connectivity index (χ1) is 11.4. The number of aromatic nitrogens is 1. The zero-order chi connectivity index (χ0) is 15.5. The second-order valence-electron chi connectivity index (χ2n) is 6.04. The van der Waals surface area contributed by atoms with E-state index >= 15 is 0 Å². The van der Waals surface area contributed by atoms with E-state index in [0.29, 0.717) is 0 Å². The molecule has 3 aromatic rings. The van der Waals surface area contributed by atoms with Crippen molar-refractivity contribution in [1.82, 2.24) is 15.2 Å². The number of hydrogen-bond donors (Lipinski definition) is 1. The van der Waals surface area contributed by atoms with Crippen molar-refractivity contribution in [3.63, 3.8) is 0 Å². The Hall–Kier alpha value is -2.17. The third kappa shape index (κ3) is 3.00. The van der Waals surface area contributed by atoms with Crippen molar-refractivity contribution in [2.24, 2.45) is 0 Å². The number of furan rings is 1. The maximum atomic E-state index is 5.78. The third-order valence-corrected chi connectivity index (χ3v) is 4.53. The molecule has 0 bridgehead atoms. The molecular weight excluding hydrogens is 286 g/mol. The summed E-state index contributed by atoms with van der Waals surface area (Å²) in [5, 5.41) is 5.88. The average Bonchev–Trinajstić information content (AvgIpc) is 2.98. The van der Waals surface area contributed by atoms with Gasteiger partial charge in [-0.1, -0.05) is 12.1 Å². The number of nitrogens with one attached hydrogen (secondary N) is 1. The van der Waals surface area contributed by atoms with Gasteiger partial charge in [0.25, 0.3) is 0 Å². The molecule has 118 valence electrons. The largest absolute Gasteiger partial charge is 0.467 e. The van der Waals surface area contributed by atoms with Crippen LogP contribution < -0.4 is 5.32 Å². The molecule has 0 amide bonds. The normalized spacial score (nSPS) is 17.9. The summed E-state index contributed by atoms with van der Waals surface area (Å²) < 4.78 is 5.78. The Bertz CT molecular complexity index is 761. The lowest BCUT2D eigenvalue weighted by Crippen LogP contribution is -2.32. The van der Waals surface area contributed by atoms with Crippen LogP contribution in [-0.4, -0.2) is 36.1 Å². The van der Waals surface area contributed by atoms with Crippen LogP contribution in [0.1, 0.15) is 23.8 Å². The number of rotatable bonds is 3. The van der Waals surface area contributed by atoms with Crippen LogP contribution in [0.2, 0.25) is 0 Å². The van der Waals surface area contributed by atoms with Crippen molar-refractivity contribution in [2.75, 3.05) is 26.2 Å². The van der Waals surface area contributed by atoms with Crippen molar-refractivity contribution in [2.45, 2.75) is 12.5 Å². The van der Waals surface area contributed by atoms with Crippen LogP contribution in [-0.2, 0) is 0 Å². The Morgan fingerprint density at radius 1 is 1.09 bits per heavy atom. The minimum Gasteiger partial charge on any atom is -0.467 e. The zero-order valence-electron chi connectivity index (χ0n) is 13.1. The maximum Gasteiger partial charge on any atom is 0.125 e. The SMILES string of the molecule is c1coc(C(c2ccc3cnccc3c2)N2CCCNCC2)c1. The van der Waals surface area contributed by atoms with Crippen LogP contribution in [0.3, 0.4) is 0 Å². The lowest BCUT2D eigenvalue weighted by Gasteiger charge is -2.29. The first kappa shape index (κ1) is 14.4. The molecule has 4 heteroatoms. The number of hydrogen-bond acceptors (Lipinski definition) is 4. The van der Waals surface area contributed by atoms with E-state index in [-0.39, 0.29) is 6.04 Å². The molecular formula is C19H21N3O. The van der Waals surface area contributed by atoms with Gasteiger partial charge >= 0.3 is 0 Å². The predicted octanol–water partition coefficient (Wildman–Crippen LogP) is 3.21. The van der Waals surface area contributed by atoms with Crippen molar-refractivity contribution in [1.29, 1.82) is 0 Å². The first-order valence-electron chi connectivity index (χ1n) is 8.24. The summed E-state index contributed by atoms with van der Waals surface area (Å²) in [5.41, 5.74) is 1.28. The van der Waals surface area contributed by atoms with Crippen LogP contribution in [0.4, 0.5) is 0 Å². The van der Waals surface area contributed by atoms with E-state index in [1.165, 1.54) is 16.3 Å². The van der Waals surface area contributed by atoms with Gasteiger partial charge in [-0.25, -0.2) is 0 Å². The lowest BCUT2D eigenvalue weighted by atomic mass is 9.99. The summed E-state index contributed by atoms with van der Waals surface area (Å²) in [4.78, 5) is 6.72. The van der Waals surface area contributed by atoms with Crippen molar-refractivity contribution in [3.8, 4) is 0 Å². The Kier molecular flexibility index (Phi) is 4.09. The summed E-state index contributed by atoms with van der Waals surface area (Å²) >= 11 is 0. The van der Waals surface area contributed by atoms with Gasteiger partial charge in [0.05, 0.1) is 12.3 Å². The molecule has 0 radical (unpaired) electrons. The molecule has 4 rings (SSSR count). The van der Waals surface area contributed by atoms with Crippen LogP contribution in [0, 0.1) is 0 Å². The molecule has 1 N–H and O–H groups in total. The molecule has 1 fully saturated rings. The predicted molar refractivity (Wildman–Crippen MR) is 91.4 cm³/mol. The highest BCUT2D eigenvalue weighted by Gasteiger charge is 2.25. The molecule has 4 nitrogen and oxygen atoms in total. The smallest absolute Gasteiger partial charge is 0.125 e. The van der Waals surface area contributed by atoms with Gasteiger partial charge in [0.1, 0.15) is 5.76 Å². The van der Waals surface area contributed by atoms with Gasteiger partial charge in [-0.3, -0.25) is 9.88 Å². The minimum atomic E-state index is 0.169. The van der Waals surface area contributed by atoms with Crippen molar-refractivity contribution >= 4 is 10.8 Å². The van der Waals surface area contributed by atoms with E-state index in [9.17, 15) is 0 Å². The Morgan fingerprint density at radius 3 is 3.00 bits per heavy atom. The van der Waals surface area contributed by atoms with Gasteiger partial charge in [0.2, 0.25) is 0 Å². The molecule has 1 unspecified atom stereocenters. The summed E-state index contributed by atoms with van der Waals surface area (Å²) in [6, 6.07) is 12.9. The number of nitrogens with zero attached hydrogens (tertiary/aromatic N) is 2. The lowest BCUT2D eigenvalue weighted by molar-refractivity contribution is 0.216. The van der Waals surface area contributed by atoms with E-state index in [4.69, 9.17) is 4.42 Å². The summed E-state index contributed by atoms with van der Waals surface area (Å²) in [6.07, 6.45) is 6.69. The summed E-state index contributed by atoms with van der Waals surface area (Å²) in [6.45, 7) is 4.21. The highest BCUT2D eigenvalue weighted by Crippen LogP contribution is 2.31. The fourth-order valence-corrected chi connectivity index (χ4v) is 3.40. The van der Waals surface area contributed by atoms with Gasteiger partial charge < -0.3 is 9.73 Å². The van der Waals surface area contributed by atoms with Crippen LogP contribution in [0.15, 0.2) is 59.5 Å². The Morgan fingerprint density at radius 2 is 2.09 bits per heavy atom. The molecule has 1 aromatic carbocycles. The molecule has 2 aromatic heterocycles. The molecule has 0 aliphatic carbocycles. The van der Waals surface area contributed by atoms with Crippen molar-refractivity contribution < 1.29 is 4.42 Å². The summed E-state index contributed by atoms with van der Waals surface area (Å²) in [7, 11) is 0. The van der Waals surface area contributed by atoms with Gasteiger partial charge in [0.15, 0.2) is 0 Å². The van der Waals surface area contributed by atoms with E-state index in [0.717, 1.165) is 38.4 Å². The van der Waals surface area contributed by atoms with Gasteiger partial charge in [0, 0.05) is 37.4 Å². The minimum absolute atomic E-state index is 0.169. The monoisotopic (exact) mass is 307 g/mol. The van der Waals surface area contributed by atoms with Crippen molar-refractivity contribution in [3.05, 3.63) is 66.4 Å². The molecule has 1 aliphatic rings. The van der Waals surface area contributed by atoms with Gasteiger partial charge in [-0.2, -0.15) is 0 Å². The second kappa shape index (κ2) is 6.52. The molecule has 0 spiro atoms. The summed E-state index contributed by atoms with van der Waals surface area (Å²) in [5.74, 6) is 1.01. The van der Waals surface area contributed by atoms with E-state index < -0.39 is 0 Å².